The van der Waals surface area contributed by atoms with Gasteiger partial charge in [-0.1, -0.05) is 0 Å². The van der Waals surface area contributed by atoms with Gasteiger partial charge in [0.05, 0.1) is 6.10 Å². The van der Waals surface area contributed by atoms with E-state index in [0.717, 1.165) is 42.9 Å². The number of nitrogens with two attached hydrogens (primary N) is 1. The molecule has 1 saturated heterocycles. The molecule has 0 amide bonds. The summed E-state index contributed by atoms with van der Waals surface area (Å²) in [7, 11) is 0. The quantitative estimate of drug-likeness (QED) is 0.898. The number of aromatic nitrogens is 3. The second kappa shape index (κ2) is 4.57. The first-order valence-electron chi connectivity index (χ1n) is 6.45. The van der Waals surface area contributed by atoms with Crippen molar-refractivity contribution >= 4 is 17.1 Å². The molecule has 0 radical (unpaired) electrons. The number of nitrogens with zero attached hydrogens (tertiary/aromatic N) is 3. The lowest BCUT2D eigenvalue weighted by Crippen LogP contribution is -2.12. The number of fused-ring (bicyclic) bond motifs is 1. The summed E-state index contributed by atoms with van der Waals surface area (Å²) >= 11 is 0. The first-order chi connectivity index (χ1) is 8.74. The van der Waals surface area contributed by atoms with E-state index in [1.807, 2.05) is 23.6 Å². The lowest BCUT2D eigenvalue weighted by molar-refractivity contribution is 0.101. The van der Waals surface area contributed by atoms with E-state index in [1.165, 1.54) is 6.42 Å². The van der Waals surface area contributed by atoms with Crippen molar-refractivity contribution in [2.45, 2.75) is 38.8 Å². The van der Waals surface area contributed by atoms with Gasteiger partial charge in [0.2, 0.25) is 5.95 Å². The van der Waals surface area contributed by atoms with Crippen LogP contribution in [0.4, 0.5) is 5.95 Å². The Morgan fingerprint density at radius 1 is 1.44 bits per heavy atom. The van der Waals surface area contributed by atoms with Crippen molar-refractivity contribution in [2.75, 3.05) is 12.3 Å². The molecule has 1 aliphatic rings. The zero-order valence-corrected chi connectivity index (χ0v) is 10.6. The number of imidazole rings is 1. The van der Waals surface area contributed by atoms with E-state index >= 15 is 0 Å². The van der Waals surface area contributed by atoms with Crippen molar-refractivity contribution in [3.63, 3.8) is 0 Å². The molecule has 2 N–H and O–H groups in total. The summed E-state index contributed by atoms with van der Waals surface area (Å²) in [5, 5.41) is 0. The third-order valence-corrected chi connectivity index (χ3v) is 3.46. The molecular weight excluding hydrogens is 228 g/mol. The summed E-state index contributed by atoms with van der Waals surface area (Å²) in [6.07, 6.45) is 3.67. The molecule has 5 nitrogen and oxygen atoms in total. The van der Waals surface area contributed by atoms with E-state index in [0.29, 0.717) is 12.1 Å². The van der Waals surface area contributed by atoms with Crippen LogP contribution in [0.5, 0.6) is 0 Å². The van der Waals surface area contributed by atoms with Crippen LogP contribution in [-0.2, 0) is 11.3 Å². The monoisotopic (exact) mass is 246 g/mol. The number of nitrogen functional groups attached to an aromatic ring is 1. The van der Waals surface area contributed by atoms with Crippen molar-refractivity contribution in [1.29, 1.82) is 0 Å². The minimum atomic E-state index is 0.367. The van der Waals surface area contributed by atoms with Crippen molar-refractivity contribution in [3.05, 3.63) is 17.8 Å². The number of hydrogen-bond donors (Lipinski definition) is 1. The molecule has 3 heterocycles. The van der Waals surface area contributed by atoms with Gasteiger partial charge in [0.1, 0.15) is 5.52 Å². The van der Waals surface area contributed by atoms with Gasteiger partial charge >= 0.3 is 0 Å². The predicted molar refractivity (Wildman–Crippen MR) is 70.3 cm³/mol. The summed E-state index contributed by atoms with van der Waals surface area (Å²) < 4.78 is 7.62. The highest BCUT2D eigenvalue weighted by atomic mass is 16.5. The molecular formula is C13H18N4O. The molecule has 5 heteroatoms. The van der Waals surface area contributed by atoms with Gasteiger partial charge < -0.3 is 10.5 Å². The zero-order valence-electron chi connectivity index (χ0n) is 10.6. The number of hydrogen-bond acceptors (Lipinski definition) is 4. The third-order valence-electron chi connectivity index (χ3n) is 3.46. The lowest BCUT2D eigenvalue weighted by atomic mass is 10.2. The number of rotatable bonds is 3. The summed E-state index contributed by atoms with van der Waals surface area (Å²) in [6, 6.07) is 3.93. The second-order valence-corrected chi connectivity index (χ2v) is 4.84. The van der Waals surface area contributed by atoms with Crippen LogP contribution in [0.1, 0.15) is 25.0 Å². The van der Waals surface area contributed by atoms with Crippen LogP contribution in [0.25, 0.3) is 11.2 Å². The smallest absolute Gasteiger partial charge is 0.202 e. The van der Waals surface area contributed by atoms with Gasteiger partial charge in [-0.05, 0) is 38.3 Å². The van der Waals surface area contributed by atoms with Gasteiger partial charge in [0, 0.05) is 18.8 Å². The van der Waals surface area contributed by atoms with Crippen LogP contribution >= 0.6 is 0 Å². The van der Waals surface area contributed by atoms with Crippen molar-refractivity contribution in [2.24, 2.45) is 0 Å². The lowest BCUT2D eigenvalue weighted by Gasteiger charge is -2.10. The molecule has 0 aliphatic carbocycles. The molecule has 0 saturated carbocycles. The summed E-state index contributed by atoms with van der Waals surface area (Å²) in [5.74, 6) is 0.543. The van der Waals surface area contributed by atoms with E-state index in [9.17, 15) is 0 Å². The molecule has 18 heavy (non-hydrogen) atoms. The van der Waals surface area contributed by atoms with E-state index in [-0.39, 0.29) is 0 Å². The Balaban J connectivity index is 1.85. The fourth-order valence-electron chi connectivity index (χ4n) is 2.48. The average Bonchev–Trinajstić information content (AvgIpc) is 2.94. The van der Waals surface area contributed by atoms with Crippen LogP contribution in [-0.4, -0.2) is 27.2 Å². The molecule has 0 spiro atoms. The molecule has 2 aromatic rings. The molecule has 1 unspecified atom stereocenters. The second-order valence-electron chi connectivity index (χ2n) is 4.84. The molecule has 2 aromatic heterocycles. The third kappa shape index (κ3) is 2.06. The van der Waals surface area contributed by atoms with Crippen molar-refractivity contribution in [3.8, 4) is 0 Å². The average molecular weight is 246 g/mol. The Bertz CT molecular complexity index is 557. The largest absolute Gasteiger partial charge is 0.378 e. The zero-order chi connectivity index (χ0) is 12.5. The topological polar surface area (TPSA) is 66.0 Å². The van der Waals surface area contributed by atoms with Gasteiger partial charge in [-0.15, -0.1) is 0 Å². The van der Waals surface area contributed by atoms with Crippen LogP contribution in [0, 0.1) is 6.92 Å². The Morgan fingerprint density at radius 2 is 2.33 bits per heavy atom. The van der Waals surface area contributed by atoms with Crippen LogP contribution in [0.3, 0.4) is 0 Å². The summed E-state index contributed by atoms with van der Waals surface area (Å²) in [6.45, 7) is 3.69. The fourth-order valence-corrected chi connectivity index (χ4v) is 2.48. The Morgan fingerprint density at radius 3 is 3.11 bits per heavy atom. The number of pyridine rings is 1. The van der Waals surface area contributed by atoms with Gasteiger partial charge in [-0.25, -0.2) is 9.97 Å². The van der Waals surface area contributed by atoms with E-state index in [2.05, 4.69) is 9.97 Å². The SMILES string of the molecule is Cc1ccc2nc(N)n(CCC3CCCO3)c2n1. The standard InChI is InChI=1S/C13H18N4O/c1-9-4-5-11-12(15-9)17(13(14)16-11)7-6-10-3-2-8-18-10/h4-5,10H,2-3,6-8H2,1H3,(H2,14,16). The Kier molecular flexibility index (Phi) is 2.91. The maximum Gasteiger partial charge on any atom is 0.202 e. The first kappa shape index (κ1) is 11.5. The van der Waals surface area contributed by atoms with Crippen LogP contribution in [0.2, 0.25) is 0 Å². The number of aryl methyl sites for hydroxylation is 2. The molecule has 1 atom stereocenters. The van der Waals surface area contributed by atoms with Crippen molar-refractivity contribution in [1.82, 2.24) is 14.5 Å². The molecule has 3 rings (SSSR count). The van der Waals surface area contributed by atoms with Gasteiger partial charge in [-0.2, -0.15) is 0 Å². The first-order valence-corrected chi connectivity index (χ1v) is 6.45. The highest BCUT2D eigenvalue weighted by Gasteiger charge is 2.17. The number of anilines is 1. The van der Waals surface area contributed by atoms with E-state index in [1.54, 1.807) is 0 Å². The Labute approximate surface area is 106 Å². The molecule has 0 bridgehead atoms. The molecule has 1 fully saturated rings. The fraction of sp³-hybridized carbons (Fsp3) is 0.538. The maximum atomic E-state index is 5.96. The van der Waals surface area contributed by atoms with Gasteiger partial charge in [0.15, 0.2) is 5.65 Å². The van der Waals surface area contributed by atoms with Crippen LogP contribution in [0.15, 0.2) is 12.1 Å². The highest BCUT2D eigenvalue weighted by Crippen LogP contribution is 2.20. The molecule has 96 valence electrons. The summed E-state index contributed by atoms with van der Waals surface area (Å²) in [4.78, 5) is 8.86. The van der Waals surface area contributed by atoms with Crippen LogP contribution < -0.4 is 5.73 Å². The molecule has 1 aliphatic heterocycles. The van der Waals surface area contributed by atoms with Gasteiger partial charge in [0.25, 0.3) is 0 Å². The highest BCUT2D eigenvalue weighted by molar-refractivity contribution is 5.74. The van der Waals surface area contributed by atoms with E-state index in [4.69, 9.17) is 10.5 Å². The summed E-state index contributed by atoms with van der Waals surface area (Å²) in [5.41, 5.74) is 8.69. The minimum absolute atomic E-state index is 0.367. The maximum absolute atomic E-state index is 5.96. The van der Waals surface area contributed by atoms with Crippen molar-refractivity contribution < 1.29 is 4.74 Å². The predicted octanol–water partition coefficient (Wildman–Crippen LogP) is 1.89. The number of ether oxygens (including phenoxy) is 1. The van der Waals surface area contributed by atoms with E-state index < -0.39 is 0 Å². The molecule has 0 aromatic carbocycles. The Hall–Kier alpha value is -1.62. The normalized spacial score (nSPS) is 19.7. The minimum Gasteiger partial charge on any atom is -0.378 e. The van der Waals surface area contributed by atoms with Gasteiger partial charge in [-0.3, -0.25) is 4.57 Å².